The van der Waals surface area contributed by atoms with Gasteiger partial charge in [0.05, 0.1) is 5.75 Å². The fourth-order valence-corrected chi connectivity index (χ4v) is 2.84. The number of ether oxygens (including phenoxy) is 2. The van der Waals surface area contributed by atoms with Gasteiger partial charge in [-0.2, -0.15) is 0 Å². The fourth-order valence-electron chi connectivity index (χ4n) is 1.99. The highest BCUT2D eigenvalue weighted by Gasteiger charge is 2.15. The van der Waals surface area contributed by atoms with Crippen LogP contribution in [-0.2, 0) is 4.79 Å². The minimum atomic E-state index is -0.109. The van der Waals surface area contributed by atoms with Crippen LogP contribution in [-0.4, -0.2) is 33.2 Å². The molecule has 0 spiro atoms. The Hall–Kier alpha value is -2.22. The van der Waals surface area contributed by atoms with Crippen molar-refractivity contribution in [3.63, 3.8) is 0 Å². The highest BCUT2D eigenvalue weighted by Crippen LogP contribution is 2.34. The Morgan fingerprint density at radius 3 is 3.05 bits per heavy atom. The highest BCUT2D eigenvalue weighted by atomic mass is 32.2. The summed E-state index contributed by atoms with van der Waals surface area (Å²) in [5.74, 6) is 1.49. The second-order valence-electron chi connectivity index (χ2n) is 5.02. The molecule has 2 heterocycles. The van der Waals surface area contributed by atoms with Gasteiger partial charge in [-0.1, -0.05) is 11.8 Å². The third kappa shape index (κ3) is 3.16. The van der Waals surface area contributed by atoms with Crippen LogP contribution in [0.25, 0.3) is 0 Å². The van der Waals surface area contributed by atoms with Crippen molar-refractivity contribution in [3.8, 4) is 11.5 Å². The van der Waals surface area contributed by atoms with E-state index in [9.17, 15) is 4.79 Å². The van der Waals surface area contributed by atoms with E-state index in [1.54, 1.807) is 24.5 Å². The predicted octanol–water partition coefficient (Wildman–Crippen LogP) is 2.32. The first-order valence-corrected chi connectivity index (χ1v) is 7.84. The molecule has 0 radical (unpaired) electrons. The van der Waals surface area contributed by atoms with E-state index < -0.39 is 0 Å². The van der Waals surface area contributed by atoms with Crippen LogP contribution in [0.1, 0.15) is 19.9 Å². The van der Waals surface area contributed by atoms with Gasteiger partial charge in [0.1, 0.15) is 6.33 Å². The maximum absolute atomic E-state index is 12.0. The maximum Gasteiger partial charge on any atom is 0.234 e. The molecule has 1 aromatic heterocycles. The number of hydrogen-bond acceptors (Lipinski definition) is 6. The molecule has 116 valence electrons. The number of carbonyl (C=O) groups is 1. The lowest BCUT2D eigenvalue weighted by atomic mass is 10.3. The molecule has 8 heteroatoms. The number of aromatic nitrogens is 3. The molecular weight excluding hydrogens is 304 g/mol. The van der Waals surface area contributed by atoms with Crippen LogP contribution in [0.2, 0.25) is 0 Å². The molecule has 3 rings (SSSR count). The quantitative estimate of drug-likeness (QED) is 0.852. The SMILES string of the molecule is CC(C)n1cnnc1SCC(=O)Nc1ccc2c(c1)OCO2. The van der Waals surface area contributed by atoms with Crippen LogP contribution in [0.4, 0.5) is 5.69 Å². The van der Waals surface area contributed by atoms with Crippen molar-refractivity contribution in [1.29, 1.82) is 0 Å². The second kappa shape index (κ2) is 6.27. The summed E-state index contributed by atoms with van der Waals surface area (Å²) in [7, 11) is 0. The lowest BCUT2D eigenvalue weighted by Crippen LogP contribution is -2.14. The third-order valence-corrected chi connectivity index (χ3v) is 4.04. The van der Waals surface area contributed by atoms with Gasteiger partial charge in [0.25, 0.3) is 0 Å². The van der Waals surface area contributed by atoms with E-state index in [0.717, 1.165) is 5.16 Å². The second-order valence-corrected chi connectivity index (χ2v) is 5.96. The molecule has 1 aliphatic heterocycles. The molecule has 7 nitrogen and oxygen atoms in total. The molecule has 0 bridgehead atoms. The van der Waals surface area contributed by atoms with Crippen molar-refractivity contribution in [1.82, 2.24) is 14.8 Å². The van der Waals surface area contributed by atoms with Gasteiger partial charge in [-0.3, -0.25) is 4.79 Å². The Kier molecular flexibility index (Phi) is 4.19. The normalized spacial score (nSPS) is 12.7. The molecule has 2 aromatic rings. The van der Waals surface area contributed by atoms with Gasteiger partial charge in [0, 0.05) is 17.8 Å². The Bertz CT molecular complexity index is 686. The molecule has 0 aliphatic carbocycles. The number of rotatable bonds is 5. The zero-order chi connectivity index (χ0) is 15.5. The summed E-state index contributed by atoms with van der Waals surface area (Å²) in [5, 5.41) is 11.5. The number of amides is 1. The van der Waals surface area contributed by atoms with Crippen LogP contribution < -0.4 is 14.8 Å². The molecule has 0 fully saturated rings. The van der Waals surface area contributed by atoms with E-state index in [1.165, 1.54) is 11.8 Å². The number of fused-ring (bicyclic) bond motifs is 1. The molecule has 0 saturated carbocycles. The van der Waals surface area contributed by atoms with Gasteiger partial charge in [0.15, 0.2) is 16.7 Å². The van der Waals surface area contributed by atoms with E-state index in [4.69, 9.17) is 9.47 Å². The van der Waals surface area contributed by atoms with Crippen LogP contribution in [0.5, 0.6) is 11.5 Å². The van der Waals surface area contributed by atoms with E-state index in [-0.39, 0.29) is 24.5 Å². The van der Waals surface area contributed by atoms with Crippen molar-refractivity contribution in [3.05, 3.63) is 24.5 Å². The average Bonchev–Trinajstić information content (AvgIpc) is 3.13. The van der Waals surface area contributed by atoms with E-state index >= 15 is 0 Å². The van der Waals surface area contributed by atoms with E-state index in [0.29, 0.717) is 17.2 Å². The topological polar surface area (TPSA) is 78.3 Å². The molecule has 0 atom stereocenters. The smallest absolute Gasteiger partial charge is 0.234 e. The van der Waals surface area contributed by atoms with E-state index in [1.807, 2.05) is 18.4 Å². The lowest BCUT2D eigenvalue weighted by Gasteiger charge is -2.09. The first-order valence-electron chi connectivity index (χ1n) is 6.85. The minimum Gasteiger partial charge on any atom is -0.454 e. The molecule has 0 saturated heterocycles. The van der Waals surface area contributed by atoms with Crippen LogP contribution in [0.3, 0.4) is 0 Å². The summed E-state index contributed by atoms with van der Waals surface area (Å²) in [5.41, 5.74) is 0.681. The summed E-state index contributed by atoms with van der Waals surface area (Å²) in [6, 6.07) is 5.57. The number of benzene rings is 1. The zero-order valence-corrected chi connectivity index (χ0v) is 13.1. The summed E-state index contributed by atoms with van der Waals surface area (Å²) in [4.78, 5) is 12.0. The molecule has 1 aromatic carbocycles. The molecule has 1 amide bonds. The molecule has 1 N–H and O–H groups in total. The Morgan fingerprint density at radius 2 is 2.23 bits per heavy atom. The van der Waals surface area contributed by atoms with Gasteiger partial charge < -0.3 is 19.4 Å². The summed E-state index contributed by atoms with van der Waals surface area (Å²) >= 11 is 1.36. The molecule has 0 unspecified atom stereocenters. The van der Waals surface area contributed by atoms with Crippen LogP contribution in [0.15, 0.2) is 29.7 Å². The Morgan fingerprint density at radius 1 is 1.41 bits per heavy atom. The average molecular weight is 320 g/mol. The van der Waals surface area contributed by atoms with E-state index in [2.05, 4.69) is 15.5 Å². The number of thioether (sulfide) groups is 1. The molecule has 1 aliphatic rings. The monoisotopic (exact) mass is 320 g/mol. The van der Waals surface area contributed by atoms with Gasteiger partial charge in [-0.25, -0.2) is 0 Å². The van der Waals surface area contributed by atoms with Crippen molar-refractivity contribution >= 4 is 23.4 Å². The number of nitrogens with zero attached hydrogens (tertiary/aromatic N) is 3. The van der Waals surface area contributed by atoms with Crippen LogP contribution in [0, 0.1) is 0 Å². The number of hydrogen-bond donors (Lipinski definition) is 1. The first-order chi connectivity index (χ1) is 10.6. The number of carbonyl (C=O) groups excluding carboxylic acids is 1. The fraction of sp³-hybridized carbons (Fsp3) is 0.357. The largest absolute Gasteiger partial charge is 0.454 e. The predicted molar refractivity (Wildman–Crippen MR) is 82.3 cm³/mol. The third-order valence-electron chi connectivity index (χ3n) is 3.09. The number of nitrogens with one attached hydrogen (secondary N) is 1. The molecular formula is C14H16N4O3S. The van der Waals surface area contributed by atoms with Crippen molar-refractivity contribution in [2.75, 3.05) is 17.9 Å². The summed E-state index contributed by atoms with van der Waals surface area (Å²) < 4.78 is 12.4. The van der Waals surface area contributed by atoms with Gasteiger partial charge in [-0.15, -0.1) is 10.2 Å². The minimum absolute atomic E-state index is 0.109. The first kappa shape index (κ1) is 14.7. The maximum atomic E-state index is 12.0. The standard InChI is InChI=1S/C14H16N4O3S/c1-9(2)18-7-15-17-14(18)22-6-13(19)16-10-3-4-11-12(5-10)21-8-20-11/h3-5,7,9H,6,8H2,1-2H3,(H,16,19). The molecule has 22 heavy (non-hydrogen) atoms. The van der Waals surface area contributed by atoms with Crippen molar-refractivity contribution in [2.45, 2.75) is 25.0 Å². The van der Waals surface area contributed by atoms with Gasteiger partial charge >= 0.3 is 0 Å². The Labute approximate surface area is 132 Å². The Balaban J connectivity index is 1.57. The summed E-state index contributed by atoms with van der Waals surface area (Å²) in [6.07, 6.45) is 1.67. The lowest BCUT2D eigenvalue weighted by molar-refractivity contribution is -0.113. The van der Waals surface area contributed by atoms with Crippen LogP contribution >= 0.6 is 11.8 Å². The zero-order valence-electron chi connectivity index (χ0n) is 12.3. The van der Waals surface area contributed by atoms with Gasteiger partial charge in [0.2, 0.25) is 12.7 Å². The number of anilines is 1. The highest BCUT2D eigenvalue weighted by molar-refractivity contribution is 7.99. The van der Waals surface area contributed by atoms with Crippen molar-refractivity contribution < 1.29 is 14.3 Å². The van der Waals surface area contributed by atoms with Crippen molar-refractivity contribution in [2.24, 2.45) is 0 Å². The summed E-state index contributed by atoms with van der Waals surface area (Å²) in [6.45, 7) is 4.30. The van der Waals surface area contributed by atoms with Gasteiger partial charge in [-0.05, 0) is 26.0 Å².